The predicted octanol–water partition coefficient (Wildman–Crippen LogP) is 4.91. The van der Waals surface area contributed by atoms with E-state index in [4.69, 9.17) is 4.74 Å². The maximum Gasteiger partial charge on any atom is 0.416 e. The first-order valence-electron chi connectivity index (χ1n) is 9.74. The van der Waals surface area contributed by atoms with Gasteiger partial charge in [-0.15, -0.1) is 0 Å². The Morgan fingerprint density at radius 3 is 2.50 bits per heavy atom. The van der Waals surface area contributed by atoms with Gasteiger partial charge in [0, 0.05) is 5.56 Å². The Labute approximate surface area is 174 Å². The zero-order chi connectivity index (χ0) is 21.7. The van der Waals surface area contributed by atoms with Crippen molar-refractivity contribution in [2.75, 3.05) is 32.8 Å². The van der Waals surface area contributed by atoms with E-state index in [0.29, 0.717) is 23.4 Å². The summed E-state index contributed by atoms with van der Waals surface area (Å²) < 4.78 is 45.2. The normalized spacial score (nSPS) is 14.1. The number of ether oxygens (including phenoxy) is 1. The van der Waals surface area contributed by atoms with Crippen LogP contribution in [-0.4, -0.2) is 42.4 Å². The van der Waals surface area contributed by atoms with Crippen molar-refractivity contribution in [3.63, 3.8) is 0 Å². The van der Waals surface area contributed by atoms with E-state index in [-0.39, 0.29) is 12.5 Å². The van der Waals surface area contributed by atoms with E-state index in [1.165, 1.54) is 12.1 Å². The molecule has 5 nitrogen and oxygen atoms in total. The average Bonchev–Trinajstić information content (AvgIpc) is 3.14. The summed E-state index contributed by atoms with van der Waals surface area (Å²) in [6, 6.07) is 10.4. The number of phenols is 1. The fourth-order valence-electron chi connectivity index (χ4n) is 3.19. The lowest BCUT2D eigenvalue weighted by molar-refractivity contribution is -0.137. The molecular weight excluding hydrogens is 395 g/mol. The van der Waals surface area contributed by atoms with Crippen molar-refractivity contribution in [2.45, 2.75) is 25.4 Å². The van der Waals surface area contributed by atoms with E-state index >= 15 is 0 Å². The molecule has 2 aromatic carbocycles. The average molecular weight is 421 g/mol. The standard InChI is InChI=1S/C22H26F3N3O2/c1-27(2)12-4-3-5-17-13-18(22(23,24)25)8-11-20(17)26-28-14-21(30-15-28)16-6-9-19(29)10-7-16/h6-11,13-14,26,29H,3-5,12,15H2,1-2H3. The summed E-state index contributed by atoms with van der Waals surface area (Å²) in [7, 11) is 3.95. The molecule has 0 fully saturated rings. The third kappa shape index (κ3) is 5.82. The highest BCUT2D eigenvalue weighted by atomic mass is 19.4. The maximum absolute atomic E-state index is 13.2. The molecule has 1 aliphatic rings. The Balaban J connectivity index is 1.74. The Kier molecular flexibility index (Phi) is 6.77. The summed E-state index contributed by atoms with van der Waals surface area (Å²) >= 11 is 0. The number of hydrazine groups is 1. The Bertz CT molecular complexity index is 880. The van der Waals surface area contributed by atoms with Crippen molar-refractivity contribution in [2.24, 2.45) is 0 Å². The molecule has 0 unspecified atom stereocenters. The highest BCUT2D eigenvalue weighted by Crippen LogP contribution is 2.33. The molecule has 162 valence electrons. The summed E-state index contributed by atoms with van der Waals surface area (Å²) in [6.07, 6.45) is -0.386. The number of benzene rings is 2. The number of hydrogen-bond donors (Lipinski definition) is 2. The molecule has 30 heavy (non-hydrogen) atoms. The second kappa shape index (κ2) is 9.30. The zero-order valence-electron chi connectivity index (χ0n) is 17.0. The highest BCUT2D eigenvalue weighted by molar-refractivity contribution is 5.62. The predicted molar refractivity (Wildman–Crippen MR) is 110 cm³/mol. The third-order valence-corrected chi connectivity index (χ3v) is 4.78. The van der Waals surface area contributed by atoms with Gasteiger partial charge < -0.3 is 14.7 Å². The molecule has 1 heterocycles. The first-order valence-corrected chi connectivity index (χ1v) is 9.74. The fraction of sp³-hybridized carbons (Fsp3) is 0.364. The molecule has 3 rings (SSSR count). The minimum Gasteiger partial charge on any atom is -0.508 e. The van der Waals surface area contributed by atoms with Crippen molar-refractivity contribution in [3.8, 4) is 5.75 Å². The number of aryl methyl sites for hydroxylation is 1. The molecule has 0 saturated heterocycles. The number of rotatable bonds is 8. The molecule has 0 aliphatic carbocycles. The van der Waals surface area contributed by atoms with Crippen LogP contribution in [0, 0.1) is 0 Å². The van der Waals surface area contributed by atoms with E-state index in [1.54, 1.807) is 35.5 Å². The Hall–Kier alpha value is -2.87. The van der Waals surface area contributed by atoms with Gasteiger partial charge in [-0.2, -0.15) is 13.2 Å². The summed E-state index contributed by atoms with van der Waals surface area (Å²) in [6.45, 7) is 1.11. The van der Waals surface area contributed by atoms with Crippen LogP contribution in [0.15, 0.2) is 48.7 Å². The number of alkyl halides is 3. The largest absolute Gasteiger partial charge is 0.508 e. The minimum absolute atomic E-state index is 0.163. The lowest BCUT2D eigenvalue weighted by atomic mass is 10.0. The van der Waals surface area contributed by atoms with Gasteiger partial charge in [-0.05, 0) is 87.9 Å². The van der Waals surface area contributed by atoms with Gasteiger partial charge >= 0.3 is 6.18 Å². The second-order valence-electron chi connectivity index (χ2n) is 7.53. The summed E-state index contributed by atoms with van der Waals surface area (Å²) in [4.78, 5) is 2.06. The van der Waals surface area contributed by atoms with Crippen molar-refractivity contribution in [1.82, 2.24) is 9.91 Å². The first kappa shape index (κ1) is 21.8. The number of unbranched alkanes of at least 4 members (excludes halogenated alkanes) is 1. The lowest BCUT2D eigenvalue weighted by Gasteiger charge is -2.20. The smallest absolute Gasteiger partial charge is 0.416 e. The van der Waals surface area contributed by atoms with Crippen molar-refractivity contribution in [1.29, 1.82) is 0 Å². The lowest BCUT2D eigenvalue weighted by Crippen LogP contribution is -2.23. The SMILES string of the molecule is CN(C)CCCCc1cc(C(F)(F)F)ccc1NN1C=C(c2ccc(O)cc2)OC1. The van der Waals surface area contributed by atoms with Gasteiger partial charge in [0.05, 0.1) is 17.5 Å². The molecular formula is C22H26F3N3O2. The van der Waals surface area contributed by atoms with Crippen LogP contribution in [0.5, 0.6) is 5.75 Å². The number of nitrogens with zero attached hydrogens (tertiary/aromatic N) is 2. The molecule has 0 radical (unpaired) electrons. The second-order valence-corrected chi connectivity index (χ2v) is 7.53. The topological polar surface area (TPSA) is 48.0 Å². The zero-order valence-corrected chi connectivity index (χ0v) is 17.0. The van der Waals surface area contributed by atoms with E-state index in [9.17, 15) is 18.3 Å². The van der Waals surface area contributed by atoms with Crippen LogP contribution < -0.4 is 5.43 Å². The van der Waals surface area contributed by atoms with E-state index in [1.807, 2.05) is 14.1 Å². The van der Waals surface area contributed by atoms with Gasteiger partial charge in [-0.3, -0.25) is 10.4 Å². The van der Waals surface area contributed by atoms with Gasteiger partial charge in [0.25, 0.3) is 0 Å². The molecule has 0 aromatic heterocycles. The molecule has 0 amide bonds. The molecule has 2 N–H and O–H groups in total. The van der Waals surface area contributed by atoms with Crippen molar-refractivity contribution >= 4 is 11.4 Å². The minimum atomic E-state index is -4.38. The van der Waals surface area contributed by atoms with Gasteiger partial charge in [0.2, 0.25) is 0 Å². The monoisotopic (exact) mass is 421 g/mol. The summed E-state index contributed by atoms with van der Waals surface area (Å²) in [5, 5.41) is 11.1. The van der Waals surface area contributed by atoms with Crippen LogP contribution >= 0.6 is 0 Å². The van der Waals surface area contributed by atoms with E-state index < -0.39 is 11.7 Å². The van der Waals surface area contributed by atoms with Gasteiger partial charge in [-0.1, -0.05) is 0 Å². The number of phenolic OH excluding ortho intramolecular Hbond substituents is 1. The summed E-state index contributed by atoms with van der Waals surface area (Å²) in [5.74, 6) is 0.776. The quantitative estimate of drug-likeness (QED) is 0.593. The van der Waals surface area contributed by atoms with Crippen LogP contribution in [0.25, 0.3) is 5.76 Å². The van der Waals surface area contributed by atoms with Crippen LogP contribution in [0.1, 0.15) is 29.5 Å². The van der Waals surface area contributed by atoms with Gasteiger partial charge in [-0.25, -0.2) is 0 Å². The number of anilines is 1. The van der Waals surface area contributed by atoms with Crippen LogP contribution in [-0.2, 0) is 17.3 Å². The van der Waals surface area contributed by atoms with E-state index in [2.05, 4.69) is 10.3 Å². The molecule has 0 bridgehead atoms. The van der Waals surface area contributed by atoms with Crippen LogP contribution in [0.3, 0.4) is 0 Å². The number of aromatic hydroxyl groups is 1. The van der Waals surface area contributed by atoms with E-state index in [0.717, 1.165) is 31.0 Å². The van der Waals surface area contributed by atoms with Crippen LogP contribution in [0.4, 0.5) is 18.9 Å². The highest BCUT2D eigenvalue weighted by Gasteiger charge is 2.31. The molecule has 0 saturated carbocycles. The molecule has 2 aromatic rings. The number of hydrogen-bond acceptors (Lipinski definition) is 5. The summed E-state index contributed by atoms with van der Waals surface area (Å²) in [5.41, 5.74) is 4.55. The first-order chi connectivity index (χ1) is 14.2. The molecule has 1 aliphatic heterocycles. The Morgan fingerprint density at radius 1 is 1.10 bits per heavy atom. The van der Waals surface area contributed by atoms with Gasteiger partial charge in [0.15, 0.2) is 6.73 Å². The van der Waals surface area contributed by atoms with Crippen molar-refractivity contribution in [3.05, 3.63) is 65.4 Å². The number of nitrogens with one attached hydrogen (secondary N) is 1. The molecule has 8 heteroatoms. The van der Waals surface area contributed by atoms with Crippen LogP contribution in [0.2, 0.25) is 0 Å². The van der Waals surface area contributed by atoms with Gasteiger partial charge in [0.1, 0.15) is 11.5 Å². The number of halogens is 3. The maximum atomic E-state index is 13.2. The molecule has 0 spiro atoms. The Morgan fingerprint density at radius 2 is 1.83 bits per heavy atom. The molecule has 0 atom stereocenters. The third-order valence-electron chi connectivity index (χ3n) is 4.78. The fourth-order valence-corrected chi connectivity index (χ4v) is 3.19. The van der Waals surface area contributed by atoms with Crippen molar-refractivity contribution < 1.29 is 23.0 Å².